The van der Waals surface area contributed by atoms with Gasteiger partial charge in [-0.1, -0.05) is 40.2 Å². The summed E-state index contributed by atoms with van der Waals surface area (Å²) in [7, 11) is 2.65. The quantitative estimate of drug-likeness (QED) is 0.433. The van der Waals surface area contributed by atoms with Crippen molar-refractivity contribution in [3.63, 3.8) is 0 Å². The van der Waals surface area contributed by atoms with Crippen LogP contribution in [0.15, 0.2) is 18.2 Å². The van der Waals surface area contributed by atoms with Crippen molar-refractivity contribution < 1.29 is 9.59 Å². The molecule has 0 saturated heterocycles. The molecular formula is C25H37N4O2P. The van der Waals surface area contributed by atoms with Crippen LogP contribution >= 0.6 is 9.24 Å². The van der Waals surface area contributed by atoms with Gasteiger partial charge in [-0.3, -0.25) is 9.59 Å². The van der Waals surface area contributed by atoms with Crippen LogP contribution in [0.25, 0.3) is 11.6 Å². The summed E-state index contributed by atoms with van der Waals surface area (Å²) in [5.74, 6) is -0.218. The largest absolute Gasteiger partial charge is 0.358 e. The number of anilines is 1. The van der Waals surface area contributed by atoms with E-state index in [-0.39, 0.29) is 11.8 Å². The lowest BCUT2D eigenvalue weighted by Crippen LogP contribution is -2.35. The standard InChI is InChI=1S/C22H29N4O2P.C3H8/c1-5-26(6-2)10-9-23-22(28)20-13(3)19(24-14(20)4)12-17-16-11-15(29)7-8-18(16)25-21(17)27;1-3-2/h7-8,11-12,24H,5-6,9-10,29H2,1-4H3,(H,23,28)(H,25,27);3H2,1-2H3/b17-12-;. The summed E-state index contributed by atoms with van der Waals surface area (Å²) in [6.07, 6.45) is 3.08. The van der Waals surface area contributed by atoms with Crippen LogP contribution in [0.4, 0.5) is 5.69 Å². The van der Waals surface area contributed by atoms with Crippen molar-refractivity contribution in [2.75, 3.05) is 31.5 Å². The molecule has 1 aromatic heterocycles. The number of amides is 2. The molecule has 7 heteroatoms. The highest BCUT2D eigenvalue weighted by Crippen LogP contribution is 2.33. The number of benzene rings is 1. The molecule has 1 unspecified atom stereocenters. The van der Waals surface area contributed by atoms with Crippen molar-refractivity contribution in [2.45, 2.75) is 48.0 Å². The number of nitrogens with one attached hydrogen (secondary N) is 3. The van der Waals surface area contributed by atoms with Crippen LogP contribution in [0, 0.1) is 13.8 Å². The van der Waals surface area contributed by atoms with Gasteiger partial charge in [-0.25, -0.2) is 0 Å². The Morgan fingerprint density at radius 2 is 1.81 bits per heavy atom. The minimum Gasteiger partial charge on any atom is -0.358 e. The van der Waals surface area contributed by atoms with Gasteiger partial charge in [0.25, 0.3) is 11.8 Å². The lowest BCUT2D eigenvalue weighted by molar-refractivity contribution is -0.110. The summed E-state index contributed by atoms with van der Waals surface area (Å²) in [6.45, 7) is 15.6. The Balaban J connectivity index is 0.00000114. The molecule has 0 bridgehead atoms. The van der Waals surface area contributed by atoms with E-state index in [9.17, 15) is 9.59 Å². The average Bonchev–Trinajstić information content (AvgIpc) is 3.21. The monoisotopic (exact) mass is 456 g/mol. The van der Waals surface area contributed by atoms with Gasteiger partial charge in [-0.2, -0.15) is 0 Å². The third-order valence-electron chi connectivity index (χ3n) is 5.43. The number of fused-ring (bicyclic) bond motifs is 1. The molecule has 2 heterocycles. The number of nitrogens with zero attached hydrogens (tertiary/aromatic N) is 1. The van der Waals surface area contributed by atoms with Gasteiger partial charge in [-0.15, -0.1) is 9.24 Å². The SMILES string of the molecule is CCC.CCN(CC)CCNC(=O)c1c(C)[nH]c(/C=C2\C(=O)Nc3ccc(P)cc32)c1C. The van der Waals surface area contributed by atoms with Crippen LogP contribution in [0.1, 0.15) is 67.0 Å². The maximum atomic E-state index is 12.8. The number of aromatic nitrogens is 1. The summed E-state index contributed by atoms with van der Waals surface area (Å²) in [5.41, 5.74) is 5.36. The van der Waals surface area contributed by atoms with Gasteiger partial charge in [0.1, 0.15) is 0 Å². The zero-order valence-corrected chi connectivity index (χ0v) is 21.3. The molecule has 0 radical (unpaired) electrons. The normalized spacial score (nSPS) is 13.6. The van der Waals surface area contributed by atoms with E-state index in [2.05, 4.69) is 57.5 Å². The Morgan fingerprint density at radius 3 is 2.44 bits per heavy atom. The first-order valence-electron chi connectivity index (χ1n) is 11.4. The van der Waals surface area contributed by atoms with Crippen molar-refractivity contribution in [3.8, 4) is 0 Å². The van der Waals surface area contributed by atoms with Crippen molar-refractivity contribution >= 4 is 43.7 Å². The first kappa shape index (κ1) is 25.8. The molecule has 3 N–H and O–H groups in total. The Morgan fingerprint density at radius 1 is 1.16 bits per heavy atom. The first-order valence-corrected chi connectivity index (χ1v) is 12.0. The van der Waals surface area contributed by atoms with Gasteiger partial charge in [-0.05, 0) is 56.0 Å². The minimum absolute atomic E-state index is 0.0865. The van der Waals surface area contributed by atoms with Crippen molar-refractivity contribution in [3.05, 3.63) is 46.3 Å². The molecule has 1 aliphatic heterocycles. The Bertz CT molecular complexity index is 990. The fraction of sp³-hybridized carbons (Fsp3) is 0.440. The van der Waals surface area contributed by atoms with Gasteiger partial charge in [0.15, 0.2) is 0 Å². The Hall–Kier alpha value is -2.43. The number of aromatic amines is 1. The highest BCUT2D eigenvalue weighted by atomic mass is 31.0. The van der Waals surface area contributed by atoms with Crippen LogP contribution in [-0.4, -0.2) is 47.9 Å². The number of H-pyrrole nitrogens is 1. The van der Waals surface area contributed by atoms with Crippen LogP contribution < -0.4 is 15.9 Å². The summed E-state index contributed by atoms with van der Waals surface area (Å²) in [5, 5.41) is 6.92. The maximum Gasteiger partial charge on any atom is 0.256 e. The topological polar surface area (TPSA) is 77.2 Å². The summed E-state index contributed by atoms with van der Waals surface area (Å²) in [6, 6.07) is 5.81. The van der Waals surface area contributed by atoms with Crippen LogP contribution in [0.3, 0.4) is 0 Å². The smallest absolute Gasteiger partial charge is 0.256 e. The van der Waals surface area contributed by atoms with E-state index in [0.717, 1.165) is 53.1 Å². The number of hydrogen-bond donors (Lipinski definition) is 3. The zero-order chi connectivity index (χ0) is 23.8. The lowest BCUT2D eigenvalue weighted by atomic mass is 10.0. The number of rotatable bonds is 7. The molecule has 174 valence electrons. The van der Waals surface area contributed by atoms with Crippen molar-refractivity contribution in [1.82, 2.24) is 15.2 Å². The van der Waals surface area contributed by atoms with E-state index in [1.807, 2.05) is 38.1 Å². The molecule has 2 amide bonds. The third-order valence-corrected chi connectivity index (χ3v) is 5.79. The fourth-order valence-corrected chi connectivity index (χ4v) is 3.97. The van der Waals surface area contributed by atoms with E-state index in [1.54, 1.807) is 0 Å². The van der Waals surface area contributed by atoms with E-state index in [0.29, 0.717) is 17.7 Å². The number of carbonyl (C=O) groups excluding carboxylic acids is 2. The molecule has 2 aromatic rings. The lowest BCUT2D eigenvalue weighted by Gasteiger charge is -2.18. The van der Waals surface area contributed by atoms with E-state index in [4.69, 9.17) is 0 Å². The van der Waals surface area contributed by atoms with Gasteiger partial charge in [0.2, 0.25) is 0 Å². The molecule has 0 saturated carbocycles. The molecule has 3 rings (SSSR count). The molecule has 0 aliphatic carbocycles. The Labute approximate surface area is 194 Å². The second-order valence-electron chi connectivity index (χ2n) is 7.97. The molecule has 1 atom stereocenters. The molecule has 32 heavy (non-hydrogen) atoms. The number of hydrogen-bond acceptors (Lipinski definition) is 3. The van der Waals surface area contributed by atoms with E-state index < -0.39 is 0 Å². The molecule has 6 nitrogen and oxygen atoms in total. The molecular weight excluding hydrogens is 419 g/mol. The second kappa shape index (κ2) is 12.0. The van der Waals surface area contributed by atoms with E-state index >= 15 is 0 Å². The maximum absolute atomic E-state index is 12.8. The van der Waals surface area contributed by atoms with Gasteiger partial charge >= 0.3 is 0 Å². The van der Waals surface area contributed by atoms with Crippen LogP contribution in [0.5, 0.6) is 0 Å². The fourth-order valence-electron chi connectivity index (χ4n) is 3.71. The predicted octanol–water partition coefficient (Wildman–Crippen LogP) is 4.11. The minimum atomic E-state index is -0.132. The van der Waals surface area contributed by atoms with Crippen molar-refractivity contribution in [1.29, 1.82) is 0 Å². The second-order valence-corrected chi connectivity index (χ2v) is 8.64. The highest BCUT2D eigenvalue weighted by Gasteiger charge is 2.25. The number of likely N-dealkylation sites (N-methyl/N-ethyl adjacent to an activating group) is 1. The van der Waals surface area contributed by atoms with Crippen LogP contribution in [-0.2, 0) is 4.79 Å². The van der Waals surface area contributed by atoms with Crippen LogP contribution in [0.2, 0.25) is 0 Å². The highest BCUT2D eigenvalue weighted by molar-refractivity contribution is 7.27. The average molecular weight is 457 g/mol. The Kier molecular flexibility index (Phi) is 9.67. The molecule has 1 aliphatic rings. The van der Waals surface area contributed by atoms with Crippen molar-refractivity contribution in [2.24, 2.45) is 0 Å². The summed E-state index contributed by atoms with van der Waals surface area (Å²) < 4.78 is 0. The van der Waals surface area contributed by atoms with Gasteiger partial charge in [0.05, 0.1) is 11.1 Å². The first-order chi connectivity index (χ1) is 15.3. The molecule has 1 aromatic carbocycles. The van der Waals surface area contributed by atoms with E-state index in [1.165, 1.54) is 6.42 Å². The third kappa shape index (κ3) is 6.08. The van der Waals surface area contributed by atoms with Gasteiger partial charge in [0, 0.05) is 35.7 Å². The zero-order valence-electron chi connectivity index (χ0n) is 20.2. The van der Waals surface area contributed by atoms with Gasteiger partial charge < -0.3 is 20.5 Å². The number of carbonyl (C=O) groups is 2. The summed E-state index contributed by atoms with van der Waals surface area (Å²) in [4.78, 5) is 30.8. The molecule has 0 fully saturated rings. The summed E-state index contributed by atoms with van der Waals surface area (Å²) >= 11 is 0. The number of aryl methyl sites for hydroxylation is 1. The molecule has 0 spiro atoms. The predicted molar refractivity (Wildman–Crippen MR) is 139 cm³/mol.